The Morgan fingerprint density at radius 1 is 1.09 bits per heavy atom. The van der Waals surface area contributed by atoms with Crippen molar-refractivity contribution in [3.63, 3.8) is 0 Å². The number of nitrogens with zero attached hydrogens (tertiary/aromatic N) is 1. The maximum Gasteiger partial charge on any atom is 0.264 e. The maximum absolute atomic E-state index is 12.0. The van der Waals surface area contributed by atoms with Crippen LogP contribution < -0.4 is 5.32 Å². The molecule has 3 nitrogen and oxygen atoms in total. The second-order valence-electron chi connectivity index (χ2n) is 4.87. The normalized spacial score (nSPS) is 18.0. The Morgan fingerprint density at radius 2 is 1.77 bits per heavy atom. The molecule has 22 heavy (non-hydrogen) atoms. The van der Waals surface area contributed by atoms with Crippen LogP contribution in [0.25, 0.3) is 6.08 Å². The second-order valence-corrected chi connectivity index (χ2v) is 7.15. The van der Waals surface area contributed by atoms with Crippen molar-refractivity contribution in [1.82, 2.24) is 5.32 Å². The first kappa shape index (κ1) is 15.3. The van der Waals surface area contributed by atoms with Crippen LogP contribution in [0.5, 0.6) is 0 Å². The van der Waals surface area contributed by atoms with E-state index in [4.69, 9.17) is 0 Å². The van der Waals surface area contributed by atoms with E-state index in [2.05, 4.69) is 32.9 Å². The third-order valence-electron chi connectivity index (χ3n) is 3.08. The number of carbonyl (C=O) groups excluding carboxylic acids is 1. The van der Waals surface area contributed by atoms with Crippen LogP contribution >= 0.6 is 34.4 Å². The topological polar surface area (TPSA) is 41.5 Å². The lowest BCUT2D eigenvalue weighted by molar-refractivity contribution is -0.115. The molecule has 110 valence electrons. The number of rotatable bonds is 2. The molecular weight excluding hydrogens is 407 g/mol. The Bertz CT molecular complexity index is 764. The lowest BCUT2D eigenvalue weighted by atomic mass is 10.1. The van der Waals surface area contributed by atoms with E-state index in [0.29, 0.717) is 10.1 Å². The molecule has 1 aliphatic heterocycles. The average Bonchev–Trinajstić information content (AvgIpc) is 2.84. The monoisotopic (exact) mass is 420 g/mol. The number of carbonyl (C=O) groups is 1. The molecule has 0 spiro atoms. The van der Waals surface area contributed by atoms with E-state index >= 15 is 0 Å². The lowest BCUT2D eigenvalue weighted by Crippen LogP contribution is -2.19. The molecule has 5 heteroatoms. The van der Waals surface area contributed by atoms with Crippen LogP contribution in [0.4, 0.5) is 5.69 Å². The van der Waals surface area contributed by atoms with Crippen molar-refractivity contribution in [3.8, 4) is 0 Å². The Morgan fingerprint density at radius 3 is 2.45 bits per heavy atom. The van der Waals surface area contributed by atoms with Gasteiger partial charge in [-0.25, -0.2) is 4.99 Å². The number of aryl methyl sites for hydroxylation is 1. The summed E-state index contributed by atoms with van der Waals surface area (Å²) >= 11 is 3.62. The number of benzene rings is 2. The Balaban J connectivity index is 1.80. The first-order valence-electron chi connectivity index (χ1n) is 6.72. The van der Waals surface area contributed by atoms with E-state index in [1.807, 2.05) is 61.5 Å². The molecule has 1 N–H and O–H groups in total. The van der Waals surface area contributed by atoms with E-state index in [1.54, 1.807) is 0 Å². The predicted octanol–water partition coefficient (Wildman–Crippen LogP) is 4.49. The van der Waals surface area contributed by atoms with Crippen molar-refractivity contribution in [2.75, 3.05) is 0 Å². The van der Waals surface area contributed by atoms with Crippen LogP contribution in [-0.4, -0.2) is 11.1 Å². The molecule has 0 aliphatic carbocycles. The fraction of sp³-hybridized carbons (Fsp3) is 0.0588. The summed E-state index contributed by atoms with van der Waals surface area (Å²) in [5.41, 5.74) is 3.05. The fourth-order valence-electron chi connectivity index (χ4n) is 1.93. The van der Waals surface area contributed by atoms with Crippen LogP contribution in [0.15, 0.2) is 58.4 Å². The molecule has 1 heterocycles. The number of amidine groups is 1. The van der Waals surface area contributed by atoms with Gasteiger partial charge in [0.15, 0.2) is 5.17 Å². The molecule has 1 amide bonds. The summed E-state index contributed by atoms with van der Waals surface area (Å²) in [7, 11) is 0. The van der Waals surface area contributed by atoms with E-state index in [9.17, 15) is 4.79 Å². The number of nitrogens with one attached hydrogen (secondary N) is 1. The molecule has 1 fully saturated rings. The standard InChI is InChI=1S/C17H13IN2OS/c1-11-2-4-12(5-3-11)10-15-16(21)20-17(22-15)19-14-8-6-13(18)7-9-14/h2-10H,1H3,(H,19,20,21)/b15-10+. The molecule has 0 unspecified atom stereocenters. The Hall–Kier alpha value is -1.60. The highest BCUT2D eigenvalue weighted by Gasteiger charge is 2.23. The number of amides is 1. The van der Waals surface area contributed by atoms with Crippen LogP contribution in [0, 0.1) is 10.5 Å². The van der Waals surface area contributed by atoms with E-state index < -0.39 is 0 Å². The zero-order valence-corrected chi connectivity index (χ0v) is 14.8. The fourth-order valence-corrected chi connectivity index (χ4v) is 3.13. The van der Waals surface area contributed by atoms with E-state index in [0.717, 1.165) is 14.8 Å². The summed E-state index contributed by atoms with van der Waals surface area (Å²) in [4.78, 5) is 17.1. The van der Waals surface area contributed by atoms with E-state index in [1.165, 1.54) is 17.3 Å². The summed E-state index contributed by atoms with van der Waals surface area (Å²) < 4.78 is 1.16. The van der Waals surface area contributed by atoms with Crippen LogP contribution in [0.1, 0.15) is 11.1 Å². The van der Waals surface area contributed by atoms with Crippen molar-refractivity contribution in [2.45, 2.75) is 6.92 Å². The molecule has 2 aromatic carbocycles. The van der Waals surface area contributed by atoms with Crippen molar-refractivity contribution >= 4 is 57.2 Å². The second kappa shape index (κ2) is 6.66. The smallest absolute Gasteiger partial charge is 0.264 e. The molecule has 1 aliphatic rings. The van der Waals surface area contributed by atoms with Gasteiger partial charge < -0.3 is 5.32 Å². The SMILES string of the molecule is Cc1ccc(/C=C2/SC(=Nc3ccc(I)cc3)NC2=O)cc1. The van der Waals surface area contributed by atoms with Crippen LogP contribution in [0.2, 0.25) is 0 Å². The molecule has 0 aromatic heterocycles. The number of halogens is 1. The van der Waals surface area contributed by atoms with Crippen LogP contribution in [0.3, 0.4) is 0 Å². The molecule has 0 atom stereocenters. The largest absolute Gasteiger partial charge is 0.300 e. The van der Waals surface area contributed by atoms with Gasteiger partial charge in [0, 0.05) is 3.57 Å². The first-order valence-corrected chi connectivity index (χ1v) is 8.61. The molecule has 0 bridgehead atoms. The summed E-state index contributed by atoms with van der Waals surface area (Å²) in [6, 6.07) is 15.9. The summed E-state index contributed by atoms with van der Waals surface area (Å²) in [5, 5.41) is 3.42. The molecular formula is C17H13IN2OS. The molecule has 1 saturated heterocycles. The first-order chi connectivity index (χ1) is 10.6. The summed E-state index contributed by atoms with van der Waals surface area (Å²) in [6.45, 7) is 2.04. The summed E-state index contributed by atoms with van der Waals surface area (Å²) in [6.07, 6.45) is 1.88. The molecule has 3 rings (SSSR count). The minimum atomic E-state index is -0.102. The maximum atomic E-state index is 12.0. The zero-order chi connectivity index (χ0) is 15.5. The quantitative estimate of drug-likeness (QED) is 0.575. The van der Waals surface area contributed by atoms with Gasteiger partial charge in [-0.05, 0) is 77.2 Å². The average molecular weight is 420 g/mol. The van der Waals surface area contributed by atoms with Gasteiger partial charge in [-0.1, -0.05) is 29.8 Å². The number of aliphatic imine (C=N–C) groups is 1. The van der Waals surface area contributed by atoms with Gasteiger partial charge in [0.25, 0.3) is 5.91 Å². The van der Waals surface area contributed by atoms with Crippen molar-refractivity contribution < 1.29 is 4.79 Å². The van der Waals surface area contributed by atoms with Gasteiger partial charge in [0.2, 0.25) is 0 Å². The van der Waals surface area contributed by atoms with Crippen LogP contribution in [-0.2, 0) is 4.79 Å². The third kappa shape index (κ3) is 3.78. The number of thioether (sulfide) groups is 1. The minimum Gasteiger partial charge on any atom is -0.300 e. The van der Waals surface area contributed by atoms with Crippen molar-refractivity contribution in [1.29, 1.82) is 0 Å². The third-order valence-corrected chi connectivity index (χ3v) is 4.71. The van der Waals surface area contributed by atoms with Gasteiger partial charge in [-0.3, -0.25) is 4.79 Å². The van der Waals surface area contributed by atoms with E-state index in [-0.39, 0.29) is 5.91 Å². The van der Waals surface area contributed by atoms with Gasteiger partial charge in [0.1, 0.15) is 0 Å². The molecule has 2 aromatic rings. The van der Waals surface area contributed by atoms with Gasteiger partial charge >= 0.3 is 0 Å². The van der Waals surface area contributed by atoms with Crippen molar-refractivity contribution in [3.05, 3.63) is 68.1 Å². The highest BCUT2D eigenvalue weighted by atomic mass is 127. The Kier molecular flexibility index (Phi) is 4.63. The number of hydrogen-bond donors (Lipinski definition) is 1. The lowest BCUT2D eigenvalue weighted by Gasteiger charge is -1.96. The summed E-state index contributed by atoms with van der Waals surface area (Å²) in [5.74, 6) is -0.102. The highest BCUT2D eigenvalue weighted by molar-refractivity contribution is 14.1. The predicted molar refractivity (Wildman–Crippen MR) is 101 cm³/mol. The van der Waals surface area contributed by atoms with Crippen molar-refractivity contribution in [2.24, 2.45) is 4.99 Å². The number of hydrogen-bond acceptors (Lipinski definition) is 3. The van der Waals surface area contributed by atoms with Gasteiger partial charge in [0.05, 0.1) is 10.6 Å². The molecule has 0 saturated carbocycles. The Labute approximate surface area is 147 Å². The van der Waals surface area contributed by atoms with Gasteiger partial charge in [-0.15, -0.1) is 0 Å². The zero-order valence-electron chi connectivity index (χ0n) is 11.8. The highest BCUT2D eigenvalue weighted by Crippen LogP contribution is 2.28. The minimum absolute atomic E-state index is 0.102. The molecule has 0 radical (unpaired) electrons. The van der Waals surface area contributed by atoms with Gasteiger partial charge in [-0.2, -0.15) is 0 Å².